The summed E-state index contributed by atoms with van der Waals surface area (Å²) in [6.45, 7) is 5.21. The van der Waals surface area contributed by atoms with Crippen LogP contribution in [0.4, 0.5) is 0 Å². The van der Waals surface area contributed by atoms with Gasteiger partial charge in [0.05, 0.1) is 23.8 Å². The maximum absolute atomic E-state index is 12.8. The molecule has 26 heavy (non-hydrogen) atoms. The van der Waals surface area contributed by atoms with Crippen LogP contribution in [0.3, 0.4) is 0 Å². The summed E-state index contributed by atoms with van der Waals surface area (Å²) in [5.74, 6) is 0.463. The summed E-state index contributed by atoms with van der Waals surface area (Å²) in [6.07, 6.45) is 2.53. The van der Waals surface area contributed by atoms with Crippen molar-refractivity contribution < 1.29 is 14.0 Å². The Morgan fingerprint density at radius 2 is 2.04 bits per heavy atom. The van der Waals surface area contributed by atoms with E-state index in [1.165, 1.54) is 0 Å². The first-order valence-corrected chi connectivity index (χ1v) is 9.27. The fourth-order valence-corrected chi connectivity index (χ4v) is 4.17. The number of hydrogen-bond donors (Lipinski definition) is 1. The molecule has 1 aromatic heterocycles. The summed E-state index contributed by atoms with van der Waals surface area (Å²) < 4.78 is 5.38. The Morgan fingerprint density at radius 1 is 1.19 bits per heavy atom. The normalized spacial score (nSPS) is 26.5. The largest absolute Gasteiger partial charge is 0.464 e. The Bertz CT molecular complexity index is 831. The van der Waals surface area contributed by atoms with E-state index in [-0.39, 0.29) is 29.7 Å². The minimum atomic E-state index is -0.108. The molecule has 1 N–H and O–H groups in total. The number of hydrogen-bond acceptors (Lipinski definition) is 4. The van der Waals surface area contributed by atoms with E-state index in [4.69, 9.17) is 4.42 Å². The van der Waals surface area contributed by atoms with Gasteiger partial charge in [0.25, 0.3) is 5.91 Å². The molecule has 1 aromatic carbocycles. The van der Waals surface area contributed by atoms with Crippen molar-refractivity contribution in [2.24, 2.45) is 11.8 Å². The van der Waals surface area contributed by atoms with Gasteiger partial charge in [0, 0.05) is 25.0 Å². The molecule has 138 valence electrons. The van der Waals surface area contributed by atoms with Crippen LogP contribution in [0.15, 0.2) is 34.9 Å². The third kappa shape index (κ3) is 3.09. The van der Waals surface area contributed by atoms with Gasteiger partial charge in [-0.05, 0) is 44.1 Å². The van der Waals surface area contributed by atoms with Gasteiger partial charge in [-0.2, -0.15) is 0 Å². The molecule has 3 atom stereocenters. The average Bonchev–Trinajstić information content (AvgIpc) is 3.34. The van der Waals surface area contributed by atoms with Crippen molar-refractivity contribution in [1.29, 1.82) is 0 Å². The summed E-state index contributed by atoms with van der Waals surface area (Å²) in [5, 5.41) is 3.94. The topological polar surface area (TPSA) is 65.8 Å². The molecular formula is C20H25N3O3. The number of fused-ring (bicyclic) bond motifs is 1. The third-order valence-electron chi connectivity index (χ3n) is 5.72. The van der Waals surface area contributed by atoms with Crippen molar-refractivity contribution in [3.05, 3.63) is 36.1 Å². The van der Waals surface area contributed by atoms with E-state index in [9.17, 15) is 9.59 Å². The van der Waals surface area contributed by atoms with Crippen LogP contribution < -0.4 is 5.32 Å². The lowest BCUT2D eigenvalue weighted by Crippen LogP contribution is -2.41. The SMILES string of the molecule is C[C@H]1CN(C(=O)[C@H]2CCN(C)C2)C[C@H]1NC(=O)c1cccc2occc12. The van der Waals surface area contributed by atoms with E-state index >= 15 is 0 Å². The van der Waals surface area contributed by atoms with Gasteiger partial charge in [0.1, 0.15) is 5.58 Å². The van der Waals surface area contributed by atoms with Gasteiger partial charge >= 0.3 is 0 Å². The first kappa shape index (κ1) is 17.1. The van der Waals surface area contributed by atoms with Gasteiger partial charge in [0.15, 0.2) is 0 Å². The Morgan fingerprint density at radius 3 is 2.81 bits per heavy atom. The molecule has 2 aliphatic rings. The summed E-state index contributed by atoms with van der Waals surface area (Å²) in [5.41, 5.74) is 1.32. The Labute approximate surface area is 153 Å². The molecule has 2 amide bonds. The zero-order valence-electron chi connectivity index (χ0n) is 15.3. The van der Waals surface area contributed by atoms with E-state index < -0.39 is 0 Å². The fraction of sp³-hybridized carbons (Fsp3) is 0.500. The highest BCUT2D eigenvalue weighted by Gasteiger charge is 2.37. The van der Waals surface area contributed by atoms with E-state index in [2.05, 4.69) is 24.2 Å². The molecule has 0 unspecified atom stereocenters. The number of rotatable bonds is 3. The van der Waals surface area contributed by atoms with Crippen LogP contribution in [0.25, 0.3) is 11.0 Å². The lowest BCUT2D eigenvalue weighted by atomic mass is 10.0. The highest BCUT2D eigenvalue weighted by molar-refractivity contribution is 6.06. The van der Waals surface area contributed by atoms with Gasteiger partial charge in [-0.25, -0.2) is 0 Å². The molecule has 0 radical (unpaired) electrons. The second kappa shape index (κ2) is 6.76. The van der Waals surface area contributed by atoms with E-state index in [0.29, 0.717) is 24.2 Å². The molecule has 2 aliphatic heterocycles. The number of nitrogens with one attached hydrogen (secondary N) is 1. The summed E-state index contributed by atoms with van der Waals surface area (Å²) in [4.78, 5) is 29.7. The Kier molecular flexibility index (Phi) is 4.44. The van der Waals surface area contributed by atoms with Crippen LogP contribution in [0.1, 0.15) is 23.7 Å². The van der Waals surface area contributed by atoms with E-state index in [1.807, 2.05) is 29.2 Å². The molecular weight excluding hydrogens is 330 g/mol. The van der Waals surface area contributed by atoms with Crippen molar-refractivity contribution in [2.45, 2.75) is 19.4 Å². The molecule has 2 aromatic rings. The second-order valence-corrected chi connectivity index (χ2v) is 7.69. The average molecular weight is 355 g/mol. The van der Waals surface area contributed by atoms with Crippen molar-refractivity contribution in [3.8, 4) is 0 Å². The molecule has 0 saturated carbocycles. The third-order valence-corrected chi connectivity index (χ3v) is 5.72. The molecule has 6 nitrogen and oxygen atoms in total. The van der Waals surface area contributed by atoms with E-state index in [1.54, 1.807) is 6.26 Å². The zero-order valence-corrected chi connectivity index (χ0v) is 15.3. The van der Waals surface area contributed by atoms with Gasteiger partial charge in [0.2, 0.25) is 5.91 Å². The van der Waals surface area contributed by atoms with Gasteiger partial charge in [-0.1, -0.05) is 13.0 Å². The van der Waals surface area contributed by atoms with Crippen LogP contribution in [-0.4, -0.2) is 60.9 Å². The molecule has 6 heteroatoms. The highest BCUT2D eigenvalue weighted by atomic mass is 16.3. The van der Waals surface area contributed by atoms with Crippen LogP contribution in [0, 0.1) is 11.8 Å². The number of likely N-dealkylation sites (tertiary alicyclic amines) is 2. The number of carbonyl (C=O) groups excluding carboxylic acids is 2. The quantitative estimate of drug-likeness (QED) is 0.914. The number of nitrogens with zero attached hydrogens (tertiary/aromatic N) is 2. The fourth-order valence-electron chi connectivity index (χ4n) is 4.17. The van der Waals surface area contributed by atoms with Gasteiger partial charge in [-0.3, -0.25) is 9.59 Å². The minimum Gasteiger partial charge on any atom is -0.464 e. The predicted octanol–water partition coefficient (Wildman–Crippen LogP) is 1.96. The lowest BCUT2D eigenvalue weighted by Gasteiger charge is -2.21. The molecule has 3 heterocycles. The molecule has 4 rings (SSSR count). The maximum Gasteiger partial charge on any atom is 0.252 e. The molecule has 2 saturated heterocycles. The van der Waals surface area contributed by atoms with Crippen molar-refractivity contribution in [1.82, 2.24) is 15.1 Å². The Hall–Kier alpha value is -2.34. The molecule has 2 fully saturated rings. The highest BCUT2D eigenvalue weighted by Crippen LogP contribution is 2.24. The van der Waals surface area contributed by atoms with Crippen molar-refractivity contribution in [2.75, 3.05) is 33.2 Å². The first-order valence-electron chi connectivity index (χ1n) is 9.27. The predicted molar refractivity (Wildman–Crippen MR) is 98.8 cm³/mol. The standard InChI is InChI=1S/C20H25N3O3/c1-13-10-23(20(25)14-6-8-22(2)11-14)12-17(13)21-19(24)16-4-3-5-18-15(16)7-9-26-18/h3-5,7,9,13-14,17H,6,8,10-12H2,1-2H3,(H,21,24)/t13-,14-,17+/m0/s1. The summed E-state index contributed by atoms with van der Waals surface area (Å²) in [7, 11) is 2.05. The van der Waals surface area contributed by atoms with Crippen LogP contribution in [0.2, 0.25) is 0 Å². The lowest BCUT2D eigenvalue weighted by molar-refractivity contribution is -0.134. The monoisotopic (exact) mass is 355 g/mol. The molecule has 0 spiro atoms. The van der Waals surface area contributed by atoms with Crippen LogP contribution in [0.5, 0.6) is 0 Å². The molecule has 0 aliphatic carbocycles. The van der Waals surface area contributed by atoms with Crippen molar-refractivity contribution in [3.63, 3.8) is 0 Å². The number of furan rings is 1. The maximum atomic E-state index is 12.8. The van der Waals surface area contributed by atoms with Gasteiger partial charge < -0.3 is 19.5 Å². The van der Waals surface area contributed by atoms with Crippen LogP contribution in [-0.2, 0) is 4.79 Å². The van der Waals surface area contributed by atoms with Crippen LogP contribution >= 0.6 is 0 Å². The zero-order chi connectivity index (χ0) is 18.3. The minimum absolute atomic E-state index is 0.0206. The smallest absolute Gasteiger partial charge is 0.252 e. The number of amides is 2. The number of benzene rings is 1. The number of carbonyl (C=O) groups is 2. The van der Waals surface area contributed by atoms with Gasteiger partial charge in [-0.15, -0.1) is 0 Å². The Balaban J connectivity index is 1.43. The second-order valence-electron chi connectivity index (χ2n) is 7.69. The summed E-state index contributed by atoms with van der Waals surface area (Å²) in [6, 6.07) is 7.28. The molecule has 0 bridgehead atoms. The first-order chi connectivity index (χ1) is 12.5. The summed E-state index contributed by atoms with van der Waals surface area (Å²) >= 11 is 0. The van der Waals surface area contributed by atoms with Crippen molar-refractivity contribution >= 4 is 22.8 Å². The van der Waals surface area contributed by atoms with E-state index in [0.717, 1.165) is 24.9 Å².